The van der Waals surface area contributed by atoms with Gasteiger partial charge in [0.25, 0.3) is 0 Å². The van der Waals surface area contributed by atoms with E-state index in [1.165, 1.54) is 20.6 Å². The van der Waals surface area contributed by atoms with Gasteiger partial charge in [-0.25, -0.2) is 4.79 Å². The average molecular weight is 292 g/mol. The molecule has 0 N–H and O–H groups in total. The van der Waals surface area contributed by atoms with Crippen LogP contribution in [-0.4, -0.2) is 26.3 Å². The minimum absolute atomic E-state index is 0.0223. The van der Waals surface area contributed by atoms with E-state index in [0.29, 0.717) is 28.9 Å². The van der Waals surface area contributed by atoms with Crippen LogP contribution in [0.25, 0.3) is 0 Å². The minimum Gasteiger partial charge on any atom is -0.496 e. The van der Waals surface area contributed by atoms with Crippen LogP contribution in [0.2, 0.25) is 0 Å². The second-order valence-electron chi connectivity index (χ2n) is 5.98. The quantitative estimate of drug-likeness (QED) is 0.794. The topological polar surface area (TPSA) is 44.8 Å². The second-order valence-corrected chi connectivity index (χ2v) is 5.98. The molecule has 4 heteroatoms. The van der Waals surface area contributed by atoms with Crippen molar-refractivity contribution >= 4 is 5.97 Å². The van der Waals surface area contributed by atoms with E-state index in [1.807, 2.05) is 0 Å². The van der Waals surface area contributed by atoms with Crippen molar-refractivity contribution in [2.24, 2.45) is 11.8 Å². The van der Waals surface area contributed by atoms with E-state index in [1.54, 1.807) is 18.2 Å². The highest BCUT2D eigenvalue weighted by molar-refractivity contribution is 5.95. The molecule has 1 saturated carbocycles. The van der Waals surface area contributed by atoms with Crippen molar-refractivity contribution in [2.75, 3.05) is 14.2 Å². The lowest BCUT2D eigenvalue weighted by atomic mass is 9.82. The summed E-state index contributed by atoms with van der Waals surface area (Å²) in [6.07, 6.45) is 3.03. The fourth-order valence-electron chi connectivity index (χ4n) is 3.23. The Hall–Kier alpha value is -1.71. The Bertz CT molecular complexity index is 465. The fourth-order valence-corrected chi connectivity index (χ4v) is 3.23. The molecule has 1 aromatic rings. The highest BCUT2D eigenvalue weighted by atomic mass is 16.5. The van der Waals surface area contributed by atoms with Crippen molar-refractivity contribution in [1.29, 1.82) is 0 Å². The maximum atomic E-state index is 12.5. The van der Waals surface area contributed by atoms with Crippen molar-refractivity contribution in [2.45, 2.75) is 39.2 Å². The third-order valence-electron chi connectivity index (χ3n) is 4.04. The summed E-state index contributed by atoms with van der Waals surface area (Å²) in [5.41, 5.74) is 0.369. The Morgan fingerprint density at radius 2 is 1.52 bits per heavy atom. The number of hydrogen-bond acceptors (Lipinski definition) is 4. The lowest BCUT2D eigenvalue weighted by Gasteiger charge is -2.31. The van der Waals surface area contributed by atoms with Gasteiger partial charge in [-0.05, 0) is 43.2 Å². The lowest BCUT2D eigenvalue weighted by Crippen LogP contribution is -2.28. The molecule has 1 fully saturated rings. The van der Waals surface area contributed by atoms with E-state index < -0.39 is 0 Å². The van der Waals surface area contributed by atoms with Crippen LogP contribution < -0.4 is 9.47 Å². The van der Waals surface area contributed by atoms with Gasteiger partial charge in [0.2, 0.25) is 0 Å². The highest BCUT2D eigenvalue weighted by Gasteiger charge is 2.29. The molecule has 1 aliphatic rings. The van der Waals surface area contributed by atoms with Crippen LogP contribution in [0.15, 0.2) is 18.2 Å². The molecule has 4 nitrogen and oxygen atoms in total. The number of ether oxygens (including phenoxy) is 3. The van der Waals surface area contributed by atoms with Gasteiger partial charge < -0.3 is 14.2 Å². The molecule has 1 aromatic carbocycles. The van der Waals surface area contributed by atoms with E-state index in [2.05, 4.69) is 13.8 Å². The highest BCUT2D eigenvalue weighted by Crippen LogP contribution is 2.33. The lowest BCUT2D eigenvalue weighted by molar-refractivity contribution is 0.00749. The minimum atomic E-state index is -0.365. The number of methoxy groups -OCH3 is 2. The van der Waals surface area contributed by atoms with Gasteiger partial charge in [0, 0.05) is 0 Å². The third kappa shape index (κ3) is 3.69. The van der Waals surface area contributed by atoms with Crippen LogP contribution >= 0.6 is 0 Å². The Morgan fingerprint density at radius 1 is 1.00 bits per heavy atom. The number of carbonyl (C=O) groups excluding carboxylic acids is 1. The predicted octanol–water partition coefficient (Wildman–Crippen LogP) is 3.69. The number of carbonyl (C=O) groups is 1. The SMILES string of the molecule is COc1cccc(OC)c1C(=O)OC1CC(C)CC(C)C1. The summed E-state index contributed by atoms with van der Waals surface area (Å²) < 4.78 is 16.2. The third-order valence-corrected chi connectivity index (χ3v) is 4.04. The molecule has 2 rings (SSSR count). The van der Waals surface area contributed by atoms with Crippen molar-refractivity contribution in [3.63, 3.8) is 0 Å². The first kappa shape index (κ1) is 15.7. The van der Waals surface area contributed by atoms with Gasteiger partial charge in [-0.2, -0.15) is 0 Å². The zero-order valence-corrected chi connectivity index (χ0v) is 13.2. The van der Waals surface area contributed by atoms with Gasteiger partial charge in [0.15, 0.2) is 0 Å². The summed E-state index contributed by atoms with van der Waals surface area (Å²) >= 11 is 0. The summed E-state index contributed by atoms with van der Waals surface area (Å²) in [6.45, 7) is 4.42. The van der Waals surface area contributed by atoms with Crippen LogP contribution in [0.4, 0.5) is 0 Å². The fraction of sp³-hybridized carbons (Fsp3) is 0.588. The molecule has 0 radical (unpaired) electrons. The Balaban J connectivity index is 2.16. The van der Waals surface area contributed by atoms with Crippen molar-refractivity contribution < 1.29 is 19.0 Å². The Morgan fingerprint density at radius 3 is 2.00 bits per heavy atom. The van der Waals surface area contributed by atoms with Crippen LogP contribution in [0.5, 0.6) is 11.5 Å². The average Bonchev–Trinajstić information content (AvgIpc) is 2.45. The normalized spacial score (nSPS) is 25.2. The molecule has 0 aromatic heterocycles. The molecule has 0 bridgehead atoms. The van der Waals surface area contributed by atoms with Crippen molar-refractivity contribution in [3.05, 3.63) is 23.8 Å². The zero-order chi connectivity index (χ0) is 15.4. The zero-order valence-electron chi connectivity index (χ0n) is 13.2. The van der Waals surface area contributed by atoms with Crippen molar-refractivity contribution in [3.8, 4) is 11.5 Å². The molecule has 0 amide bonds. The standard InChI is InChI=1S/C17H24O4/c1-11-8-12(2)10-13(9-11)21-17(18)16-14(19-3)6-5-7-15(16)20-4/h5-7,11-13H,8-10H2,1-4H3. The van der Waals surface area contributed by atoms with Crippen LogP contribution in [0.1, 0.15) is 43.5 Å². The smallest absolute Gasteiger partial charge is 0.346 e. The Kier molecular flexibility index (Phi) is 5.10. The number of esters is 1. The van der Waals surface area contributed by atoms with Crippen LogP contribution in [0, 0.1) is 11.8 Å². The molecule has 1 aliphatic carbocycles. The molecule has 2 unspecified atom stereocenters. The summed E-state index contributed by atoms with van der Waals surface area (Å²) in [4.78, 5) is 12.5. The largest absolute Gasteiger partial charge is 0.496 e. The van der Waals surface area contributed by atoms with Crippen LogP contribution in [0.3, 0.4) is 0 Å². The first-order chi connectivity index (χ1) is 10.0. The van der Waals surface area contributed by atoms with E-state index in [-0.39, 0.29) is 12.1 Å². The monoisotopic (exact) mass is 292 g/mol. The number of hydrogen-bond donors (Lipinski definition) is 0. The van der Waals surface area contributed by atoms with E-state index in [9.17, 15) is 4.79 Å². The van der Waals surface area contributed by atoms with Gasteiger partial charge in [0.1, 0.15) is 23.2 Å². The van der Waals surface area contributed by atoms with Crippen molar-refractivity contribution in [1.82, 2.24) is 0 Å². The summed E-state index contributed by atoms with van der Waals surface area (Å²) in [7, 11) is 3.08. The van der Waals surface area contributed by atoms with Gasteiger partial charge >= 0.3 is 5.97 Å². The molecule has 0 aliphatic heterocycles. The number of benzene rings is 1. The molecule has 0 heterocycles. The second kappa shape index (κ2) is 6.83. The van der Waals surface area contributed by atoms with Gasteiger partial charge in [-0.3, -0.25) is 0 Å². The molecular weight excluding hydrogens is 268 g/mol. The van der Waals surface area contributed by atoms with E-state index >= 15 is 0 Å². The van der Waals surface area contributed by atoms with E-state index in [4.69, 9.17) is 14.2 Å². The van der Waals surface area contributed by atoms with Crippen LogP contribution in [-0.2, 0) is 4.74 Å². The molecule has 116 valence electrons. The van der Waals surface area contributed by atoms with Gasteiger partial charge in [-0.1, -0.05) is 19.9 Å². The maximum absolute atomic E-state index is 12.5. The number of rotatable bonds is 4. The summed E-state index contributed by atoms with van der Waals surface area (Å²) in [5.74, 6) is 1.78. The van der Waals surface area contributed by atoms with E-state index in [0.717, 1.165) is 12.8 Å². The maximum Gasteiger partial charge on any atom is 0.346 e. The predicted molar refractivity (Wildman–Crippen MR) is 80.9 cm³/mol. The molecule has 0 saturated heterocycles. The molecule has 2 atom stereocenters. The van der Waals surface area contributed by atoms with Gasteiger partial charge in [0.05, 0.1) is 14.2 Å². The molecule has 0 spiro atoms. The summed E-state index contributed by atoms with van der Waals surface area (Å²) in [6, 6.07) is 5.27. The molecule has 21 heavy (non-hydrogen) atoms. The molecular formula is C17H24O4. The first-order valence-electron chi connectivity index (χ1n) is 7.47. The summed E-state index contributed by atoms with van der Waals surface area (Å²) in [5, 5.41) is 0. The Labute approximate surface area is 126 Å². The van der Waals surface area contributed by atoms with Gasteiger partial charge in [-0.15, -0.1) is 0 Å². The first-order valence-corrected chi connectivity index (χ1v) is 7.47.